The minimum Gasteiger partial charge on any atom is -0.495 e. The zero-order chi connectivity index (χ0) is 25.4. The van der Waals surface area contributed by atoms with Crippen molar-refractivity contribution in [2.75, 3.05) is 12.4 Å². The van der Waals surface area contributed by atoms with Gasteiger partial charge in [0.05, 0.1) is 48.7 Å². The Kier molecular flexibility index (Phi) is 5.89. The van der Waals surface area contributed by atoms with Gasteiger partial charge in [-0.15, -0.1) is 0 Å². The summed E-state index contributed by atoms with van der Waals surface area (Å²) in [5.74, 6) is 2.01. The maximum atomic E-state index is 10.1. The number of pyridine rings is 1. The number of fused-ring (bicyclic) bond motifs is 1. The highest BCUT2D eigenvalue weighted by Crippen LogP contribution is 2.32. The molecule has 0 bridgehead atoms. The highest BCUT2D eigenvalue weighted by atomic mass is 16.5. The molecule has 4 heterocycles. The number of aliphatic hydroxyl groups is 1. The maximum absolute atomic E-state index is 10.1. The van der Waals surface area contributed by atoms with E-state index in [0.29, 0.717) is 23.9 Å². The van der Waals surface area contributed by atoms with Crippen LogP contribution in [0.2, 0.25) is 0 Å². The van der Waals surface area contributed by atoms with Gasteiger partial charge in [0.15, 0.2) is 5.65 Å². The van der Waals surface area contributed by atoms with E-state index in [-0.39, 0.29) is 0 Å². The van der Waals surface area contributed by atoms with Crippen LogP contribution in [0.1, 0.15) is 19.7 Å². The van der Waals surface area contributed by atoms with Crippen LogP contribution in [0.4, 0.5) is 11.6 Å². The van der Waals surface area contributed by atoms with Crippen molar-refractivity contribution in [3.63, 3.8) is 0 Å². The monoisotopic (exact) mass is 484 g/mol. The molecule has 5 aromatic rings. The number of aryl methyl sites for hydroxylation is 1. The Hall–Kier alpha value is -4.31. The van der Waals surface area contributed by atoms with Crippen molar-refractivity contribution in [3.8, 4) is 28.3 Å². The summed E-state index contributed by atoms with van der Waals surface area (Å²) in [6.07, 6.45) is 7.18. The second kappa shape index (κ2) is 9.04. The quantitative estimate of drug-likeness (QED) is 0.354. The van der Waals surface area contributed by atoms with Gasteiger partial charge in [-0.05, 0) is 45.0 Å². The number of methoxy groups -OCH3 is 1. The first-order chi connectivity index (χ1) is 17.2. The Morgan fingerprint density at radius 3 is 2.58 bits per heavy atom. The van der Waals surface area contributed by atoms with E-state index in [1.807, 2.05) is 61.3 Å². The van der Waals surface area contributed by atoms with Gasteiger partial charge >= 0.3 is 0 Å². The molecule has 0 unspecified atom stereocenters. The number of anilines is 2. The average molecular weight is 485 g/mol. The van der Waals surface area contributed by atoms with E-state index in [1.165, 1.54) is 0 Å². The second-order valence-electron chi connectivity index (χ2n) is 9.33. The Balaban J connectivity index is 1.42. The molecule has 1 aromatic carbocycles. The minimum atomic E-state index is -0.857. The fraction of sp³-hybridized carbons (Fsp3) is 0.269. The molecule has 5 rings (SSSR count). The Bertz CT molecular complexity index is 1550. The van der Waals surface area contributed by atoms with Gasteiger partial charge < -0.3 is 19.7 Å². The molecule has 10 heteroatoms. The van der Waals surface area contributed by atoms with E-state index in [1.54, 1.807) is 38.0 Å². The summed E-state index contributed by atoms with van der Waals surface area (Å²) in [5, 5.41) is 18.5. The van der Waals surface area contributed by atoms with Crippen molar-refractivity contribution in [2.45, 2.75) is 32.9 Å². The third-order valence-electron chi connectivity index (χ3n) is 5.89. The van der Waals surface area contributed by atoms with Gasteiger partial charge in [-0.25, -0.2) is 15.0 Å². The molecule has 0 atom stereocenters. The largest absolute Gasteiger partial charge is 0.495 e. The van der Waals surface area contributed by atoms with E-state index in [4.69, 9.17) is 9.72 Å². The van der Waals surface area contributed by atoms with Crippen LogP contribution in [0, 0.1) is 6.92 Å². The summed E-state index contributed by atoms with van der Waals surface area (Å²) < 4.78 is 9.38. The van der Waals surface area contributed by atoms with Gasteiger partial charge in [0, 0.05) is 36.0 Å². The summed E-state index contributed by atoms with van der Waals surface area (Å²) in [6.45, 7) is 5.85. The number of ether oxygens (including phenoxy) is 1. The Morgan fingerprint density at radius 2 is 1.86 bits per heavy atom. The SMILES string of the molecule is COc1cc(-c2cnc(C)n2C)ccc1Nc1ncc2ccc(-c3cnn(CC(C)(C)O)c3)nc2n1. The number of nitrogens with zero attached hydrogens (tertiary/aromatic N) is 7. The molecule has 0 saturated heterocycles. The normalized spacial score (nSPS) is 11.7. The summed E-state index contributed by atoms with van der Waals surface area (Å²) in [5.41, 5.74) is 4.02. The van der Waals surface area contributed by atoms with Crippen LogP contribution in [0.15, 0.2) is 55.1 Å². The van der Waals surface area contributed by atoms with Gasteiger partial charge in [0.1, 0.15) is 11.6 Å². The zero-order valence-electron chi connectivity index (χ0n) is 20.9. The molecule has 10 nitrogen and oxygen atoms in total. The van der Waals surface area contributed by atoms with Crippen LogP contribution >= 0.6 is 0 Å². The van der Waals surface area contributed by atoms with E-state index < -0.39 is 5.60 Å². The molecule has 0 radical (unpaired) electrons. The summed E-state index contributed by atoms with van der Waals surface area (Å²) in [6, 6.07) is 9.74. The number of hydrogen-bond acceptors (Lipinski definition) is 8. The van der Waals surface area contributed by atoms with Crippen LogP contribution < -0.4 is 10.1 Å². The third-order valence-corrected chi connectivity index (χ3v) is 5.89. The molecule has 2 N–H and O–H groups in total. The number of hydrogen-bond donors (Lipinski definition) is 2. The standard InChI is InChI=1S/C26H28N8O2/c1-16-27-13-22(33(16)4)17-6-9-21(23(10-17)36-5)31-25-28-11-18-7-8-20(30-24(18)32-25)19-12-29-34(14-19)15-26(2,3)35/h6-14,35H,15H2,1-5H3,(H,28,30,31,32). The van der Waals surface area contributed by atoms with E-state index in [9.17, 15) is 5.11 Å². The third kappa shape index (κ3) is 4.76. The molecular weight excluding hydrogens is 456 g/mol. The molecule has 0 fully saturated rings. The van der Waals surface area contributed by atoms with Gasteiger partial charge in [-0.3, -0.25) is 4.68 Å². The molecule has 0 aliphatic carbocycles. The fourth-order valence-electron chi connectivity index (χ4n) is 3.95. The lowest BCUT2D eigenvalue weighted by molar-refractivity contribution is 0.0577. The molecule has 0 aliphatic heterocycles. The topological polar surface area (TPSA) is 116 Å². The molecular formula is C26H28N8O2. The van der Waals surface area contributed by atoms with Crippen molar-refractivity contribution in [2.24, 2.45) is 7.05 Å². The molecule has 184 valence electrons. The number of rotatable bonds is 7. The lowest BCUT2D eigenvalue weighted by atomic mass is 10.1. The molecule has 0 aliphatic rings. The molecule has 0 amide bonds. The van der Waals surface area contributed by atoms with Crippen molar-refractivity contribution >= 4 is 22.7 Å². The first kappa shape index (κ1) is 23.4. The zero-order valence-corrected chi connectivity index (χ0v) is 20.9. The van der Waals surface area contributed by atoms with Crippen molar-refractivity contribution < 1.29 is 9.84 Å². The first-order valence-electron chi connectivity index (χ1n) is 11.5. The molecule has 36 heavy (non-hydrogen) atoms. The number of aromatic nitrogens is 7. The maximum Gasteiger partial charge on any atom is 0.229 e. The van der Waals surface area contributed by atoms with E-state index in [2.05, 4.69) is 25.4 Å². The first-order valence-corrected chi connectivity index (χ1v) is 11.5. The number of nitrogens with one attached hydrogen (secondary N) is 1. The molecule has 0 saturated carbocycles. The van der Waals surface area contributed by atoms with Gasteiger partial charge in [-0.2, -0.15) is 10.1 Å². The van der Waals surface area contributed by atoms with Crippen LogP contribution in [-0.4, -0.2) is 52.1 Å². The Labute approximate surface area is 208 Å². The molecule has 0 spiro atoms. The van der Waals surface area contributed by atoms with Gasteiger partial charge in [0.25, 0.3) is 0 Å². The van der Waals surface area contributed by atoms with Crippen molar-refractivity contribution in [3.05, 3.63) is 60.9 Å². The van der Waals surface area contributed by atoms with Crippen molar-refractivity contribution in [1.82, 2.24) is 34.3 Å². The lowest BCUT2D eigenvalue weighted by Crippen LogP contribution is -2.26. The summed E-state index contributed by atoms with van der Waals surface area (Å²) in [4.78, 5) is 18.2. The Morgan fingerprint density at radius 1 is 1.03 bits per heavy atom. The van der Waals surface area contributed by atoms with E-state index in [0.717, 1.165) is 39.4 Å². The highest BCUT2D eigenvalue weighted by molar-refractivity contribution is 5.79. The predicted molar refractivity (Wildman–Crippen MR) is 138 cm³/mol. The van der Waals surface area contributed by atoms with Gasteiger partial charge in [-0.1, -0.05) is 6.07 Å². The van der Waals surface area contributed by atoms with Crippen LogP contribution in [-0.2, 0) is 13.6 Å². The second-order valence-corrected chi connectivity index (χ2v) is 9.33. The number of imidazole rings is 1. The summed E-state index contributed by atoms with van der Waals surface area (Å²) >= 11 is 0. The van der Waals surface area contributed by atoms with Crippen LogP contribution in [0.5, 0.6) is 5.75 Å². The van der Waals surface area contributed by atoms with Crippen molar-refractivity contribution in [1.29, 1.82) is 0 Å². The van der Waals surface area contributed by atoms with E-state index >= 15 is 0 Å². The highest BCUT2D eigenvalue weighted by Gasteiger charge is 2.15. The average Bonchev–Trinajstić information content (AvgIpc) is 3.44. The number of benzene rings is 1. The van der Waals surface area contributed by atoms with Gasteiger partial charge in [0.2, 0.25) is 5.95 Å². The molecule has 4 aromatic heterocycles. The smallest absolute Gasteiger partial charge is 0.229 e. The van der Waals surface area contributed by atoms with Crippen LogP contribution in [0.25, 0.3) is 33.5 Å². The summed E-state index contributed by atoms with van der Waals surface area (Å²) in [7, 11) is 3.62. The lowest BCUT2D eigenvalue weighted by Gasteiger charge is -2.16. The fourth-order valence-corrected chi connectivity index (χ4v) is 3.95. The van der Waals surface area contributed by atoms with Crippen LogP contribution in [0.3, 0.4) is 0 Å². The predicted octanol–water partition coefficient (Wildman–Crippen LogP) is 4.12. The minimum absolute atomic E-state index is 0.387.